The number of carbonyl (C=O) groups is 1. The second kappa shape index (κ2) is 9.08. The van der Waals surface area contributed by atoms with Crippen LogP contribution in [0.2, 0.25) is 0 Å². The van der Waals surface area contributed by atoms with Gasteiger partial charge in [-0.2, -0.15) is 0 Å². The summed E-state index contributed by atoms with van der Waals surface area (Å²) in [6, 6.07) is 8.05. The summed E-state index contributed by atoms with van der Waals surface area (Å²) >= 11 is 0. The Bertz CT molecular complexity index is 786. The molecule has 1 fully saturated rings. The summed E-state index contributed by atoms with van der Waals surface area (Å²) in [5.74, 6) is 1.92. The third-order valence-corrected chi connectivity index (χ3v) is 5.40. The lowest BCUT2D eigenvalue weighted by Gasteiger charge is -2.29. The first kappa shape index (κ1) is 20.2. The van der Waals surface area contributed by atoms with E-state index >= 15 is 0 Å². The summed E-state index contributed by atoms with van der Waals surface area (Å²) in [4.78, 5) is 27.2. The first-order chi connectivity index (χ1) is 13.5. The molecular formula is C21H32N6O. The number of nitrogens with zero attached hydrogens (tertiary/aromatic N) is 3. The highest BCUT2D eigenvalue weighted by atomic mass is 16.2. The van der Waals surface area contributed by atoms with E-state index in [1.54, 1.807) is 4.90 Å². The first-order valence-electron chi connectivity index (χ1n) is 10.2. The monoisotopic (exact) mass is 384 g/mol. The second-order valence-electron chi connectivity index (χ2n) is 7.76. The van der Waals surface area contributed by atoms with Crippen LogP contribution in [0, 0.1) is 5.41 Å². The molecule has 152 valence electrons. The van der Waals surface area contributed by atoms with Crippen LogP contribution in [-0.4, -0.2) is 60.5 Å². The molecule has 2 aromatic rings. The molecule has 1 aliphatic rings. The summed E-state index contributed by atoms with van der Waals surface area (Å²) in [6.07, 6.45) is 4.83. The van der Waals surface area contributed by atoms with Gasteiger partial charge < -0.3 is 20.5 Å². The lowest BCUT2D eigenvalue weighted by Crippen LogP contribution is -2.43. The average molecular weight is 385 g/mol. The van der Waals surface area contributed by atoms with Gasteiger partial charge in [-0.15, -0.1) is 0 Å². The number of aliphatic imine (C=N–C) groups is 1. The molecule has 0 atom stereocenters. The van der Waals surface area contributed by atoms with Gasteiger partial charge in [0.1, 0.15) is 5.82 Å². The van der Waals surface area contributed by atoms with E-state index in [0.29, 0.717) is 6.54 Å². The van der Waals surface area contributed by atoms with Crippen molar-refractivity contribution in [3.8, 4) is 0 Å². The molecular weight excluding hydrogens is 352 g/mol. The van der Waals surface area contributed by atoms with Crippen molar-refractivity contribution in [2.45, 2.75) is 39.0 Å². The predicted octanol–water partition coefficient (Wildman–Crippen LogP) is 2.31. The van der Waals surface area contributed by atoms with Crippen LogP contribution < -0.4 is 10.6 Å². The van der Waals surface area contributed by atoms with Gasteiger partial charge in [-0.3, -0.25) is 9.79 Å². The Morgan fingerprint density at radius 3 is 2.68 bits per heavy atom. The molecule has 0 saturated heterocycles. The van der Waals surface area contributed by atoms with E-state index in [9.17, 15) is 4.79 Å². The molecule has 1 heterocycles. The van der Waals surface area contributed by atoms with Crippen LogP contribution in [0.3, 0.4) is 0 Å². The van der Waals surface area contributed by atoms with Crippen LogP contribution in [-0.2, 0) is 11.2 Å². The molecule has 7 heteroatoms. The molecule has 0 spiro atoms. The Labute approximate surface area is 167 Å². The van der Waals surface area contributed by atoms with Crippen molar-refractivity contribution in [1.82, 2.24) is 25.5 Å². The van der Waals surface area contributed by atoms with Gasteiger partial charge in [-0.05, 0) is 31.9 Å². The number of amides is 1. The van der Waals surface area contributed by atoms with Crippen molar-refractivity contribution in [3.63, 3.8) is 0 Å². The van der Waals surface area contributed by atoms with Crippen LogP contribution in [0.4, 0.5) is 0 Å². The van der Waals surface area contributed by atoms with Crippen molar-refractivity contribution in [2.24, 2.45) is 10.4 Å². The number of guanidine groups is 1. The maximum absolute atomic E-state index is 12.7. The van der Waals surface area contributed by atoms with E-state index in [0.717, 1.165) is 68.0 Å². The Morgan fingerprint density at radius 1 is 1.25 bits per heavy atom. The van der Waals surface area contributed by atoms with Crippen molar-refractivity contribution >= 4 is 22.9 Å². The van der Waals surface area contributed by atoms with Gasteiger partial charge in [0.2, 0.25) is 5.91 Å². The van der Waals surface area contributed by atoms with E-state index < -0.39 is 0 Å². The van der Waals surface area contributed by atoms with Crippen molar-refractivity contribution < 1.29 is 4.79 Å². The molecule has 0 aliphatic heterocycles. The Balaban J connectivity index is 1.61. The number of H-pyrrole nitrogens is 1. The number of nitrogens with one attached hydrogen (secondary N) is 3. The fourth-order valence-corrected chi connectivity index (χ4v) is 3.96. The number of fused-ring (bicyclic) bond motifs is 1. The quantitative estimate of drug-likeness (QED) is 0.505. The van der Waals surface area contributed by atoms with E-state index in [4.69, 9.17) is 4.99 Å². The number of hydrogen-bond acceptors (Lipinski definition) is 3. The molecule has 1 saturated carbocycles. The normalized spacial score (nSPS) is 16.3. The van der Waals surface area contributed by atoms with Crippen LogP contribution in [0.5, 0.6) is 0 Å². The summed E-state index contributed by atoms with van der Waals surface area (Å²) < 4.78 is 0. The minimum atomic E-state index is -0.343. The molecule has 7 nitrogen and oxygen atoms in total. The van der Waals surface area contributed by atoms with E-state index in [1.807, 2.05) is 45.3 Å². The number of aromatic amines is 1. The molecule has 1 amide bonds. The average Bonchev–Trinajstić information content (AvgIpc) is 3.32. The molecule has 28 heavy (non-hydrogen) atoms. The molecule has 0 radical (unpaired) electrons. The highest BCUT2D eigenvalue weighted by Crippen LogP contribution is 2.39. The van der Waals surface area contributed by atoms with E-state index in [1.165, 1.54) is 0 Å². The molecule has 1 aromatic heterocycles. The smallest absolute Gasteiger partial charge is 0.230 e. The van der Waals surface area contributed by atoms with Gasteiger partial charge in [0.25, 0.3) is 0 Å². The lowest BCUT2D eigenvalue weighted by atomic mass is 9.85. The maximum Gasteiger partial charge on any atom is 0.230 e. The minimum Gasteiger partial charge on any atom is -0.357 e. The first-order valence-corrected chi connectivity index (χ1v) is 10.2. The lowest BCUT2D eigenvalue weighted by molar-refractivity contribution is -0.138. The minimum absolute atomic E-state index is 0.201. The zero-order chi connectivity index (χ0) is 20.0. The number of carbonyl (C=O) groups excluding carboxylic acids is 1. The molecule has 1 aliphatic carbocycles. The van der Waals surface area contributed by atoms with Gasteiger partial charge in [-0.25, -0.2) is 4.98 Å². The van der Waals surface area contributed by atoms with Gasteiger partial charge in [-0.1, -0.05) is 25.0 Å². The van der Waals surface area contributed by atoms with Crippen LogP contribution in [0.25, 0.3) is 11.0 Å². The molecule has 1 aromatic carbocycles. The molecule has 3 rings (SSSR count). The molecule has 0 unspecified atom stereocenters. The summed E-state index contributed by atoms with van der Waals surface area (Å²) in [5.41, 5.74) is 1.71. The number of para-hydroxylation sites is 2. The third-order valence-electron chi connectivity index (χ3n) is 5.40. The van der Waals surface area contributed by atoms with Gasteiger partial charge in [0.15, 0.2) is 5.96 Å². The van der Waals surface area contributed by atoms with E-state index in [-0.39, 0.29) is 11.3 Å². The summed E-state index contributed by atoms with van der Waals surface area (Å²) in [5, 5.41) is 6.66. The summed E-state index contributed by atoms with van der Waals surface area (Å²) in [7, 11) is 3.67. The van der Waals surface area contributed by atoms with Gasteiger partial charge in [0.05, 0.1) is 23.0 Å². The van der Waals surface area contributed by atoms with Crippen LogP contribution >= 0.6 is 0 Å². The maximum atomic E-state index is 12.7. The van der Waals surface area contributed by atoms with Gasteiger partial charge in [0, 0.05) is 33.6 Å². The number of imidazole rings is 1. The van der Waals surface area contributed by atoms with Crippen LogP contribution in [0.15, 0.2) is 29.3 Å². The third kappa shape index (κ3) is 4.64. The standard InChI is InChI=1S/C21H32N6O/c1-4-22-20(24-15-21(12-7-8-13-21)19(28)27(2)3)23-14-11-18-25-16-9-5-6-10-17(16)26-18/h5-6,9-10H,4,7-8,11-15H2,1-3H3,(H,25,26)(H2,22,23,24). The highest BCUT2D eigenvalue weighted by molar-refractivity contribution is 5.84. The highest BCUT2D eigenvalue weighted by Gasteiger charge is 2.42. The van der Waals surface area contributed by atoms with Crippen LogP contribution in [0.1, 0.15) is 38.4 Å². The number of hydrogen-bond donors (Lipinski definition) is 3. The second-order valence-corrected chi connectivity index (χ2v) is 7.76. The number of benzene rings is 1. The zero-order valence-corrected chi connectivity index (χ0v) is 17.2. The van der Waals surface area contributed by atoms with Gasteiger partial charge >= 0.3 is 0 Å². The van der Waals surface area contributed by atoms with Crippen molar-refractivity contribution in [2.75, 3.05) is 33.7 Å². The Hall–Kier alpha value is -2.57. The molecule has 0 bridgehead atoms. The largest absolute Gasteiger partial charge is 0.357 e. The number of aromatic nitrogens is 2. The fraction of sp³-hybridized carbons (Fsp3) is 0.571. The number of rotatable bonds is 7. The topological polar surface area (TPSA) is 85.4 Å². The SMILES string of the molecule is CCNC(=NCC1(C(=O)N(C)C)CCCC1)NCCc1nc2ccccc2[nH]1. The summed E-state index contributed by atoms with van der Waals surface area (Å²) in [6.45, 7) is 4.09. The van der Waals surface area contributed by atoms with Crippen molar-refractivity contribution in [1.29, 1.82) is 0 Å². The Morgan fingerprint density at radius 2 is 2.00 bits per heavy atom. The Kier molecular flexibility index (Phi) is 6.54. The molecule has 3 N–H and O–H groups in total. The predicted molar refractivity (Wildman–Crippen MR) is 113 cm³/mol. The van der Waals surface area contributed by atoms with Crippen molar-refractivity contribution in [3.05, 3.63) is 30.1 Å². The fourth-order valence-electron chi connectivity index (χ4n) is 3.96. The van der Waals surface area contributed by atoms with E-state index in [2.05, 4.69) is 20.6 Å². The zero-order valence-electron chi connectivity index (χ0n) is 17.2.